The van der Waals surface area contributed by atoms with Crippen LogP contribution in [0.3, 0.4) is 0 Å². The third-order valence-corrected chi connectivity index (χ3v) is 3.75. The maximum atomic E-state index is 9.90. The molecule has 2 N–H and O–H groups in total. The fourth-order valence-corrected chi connectivity index (χ4v) is 2.31. The molecule has 0 fully saturated rings. The summed E-state index contributed by atoms with van der Waals surface area (Å²) < 4.78 is 5.51. The molecule has 2 atom stereocenters. The first-order valence-electron chi connectivity index (χ1n) is 7.27. The van der Waals surface area contributed by atoms with Crippen molar-refractivity contribution < 1.29 is 9.84 Å². The van der Waals surface area contributed by atoms with Gasteiger partial charge in [0, 0.05) is 17.6 Å². The molecular weight excluding hydrogens is 274 g/mol. The Labute approximate surface area is 127 Å². The normalized spacial score (nSPS) is 14.5. The summed E-state index contributed by atoms with van der Waals surface area (Å²) in [4.78, 5) is 0. The number of hydrogen-bond donors (Lipinski definition) is 2. The van der Waals surface area contributed by atoms with Crippen molar-refractivity contribution >= 4 is 11.6 Å². The molecule has 1 aromatic rings. The van der Waals surface area contributed by atoms with Gasteiger partial charge in [-0.3, -0.25) is 0 Å². The van der Waals surface area contributed by atoms with Gasteiger partial charge in [-0.15, -0.1) is 0 Å². The van der Waals surface area contributed by atoms with E-state index >= 15 is 0 Å². The molecule has 2 unspecified atom stereocenters. The van der Waals surface area contributed by atoms with Crippen LogP contribution in [0.1, 0.15) is 32.8 Å². The number of nitrogens with one attached hydrogen (secondary N) is 1. The van der Waals surface area contributed by atoms with Crippen molar-refractivity contribution in [3.63, 3.8) is 0 Å². The van der Waals surface area contributed by atoms with Gasteiger partial charge in [0.2, 0.25) is 0 Å². The van der Waals surface area contributed by atoms with E-state index in [2.05, 4.69) is 26.1 Å². The van der Waals surface area contributed by atoms with Crippen molar-refractivity contribution in [1.82, 2.24) is 5.32 Å². The Hall–Kier alpha value is -0.610. The van der Waals surface area contributed by atoms with Crippen LogP contribution < -0.4 is 5.32 Å². The molecule has 1 aromatic carbocycles. The topological polar surface area (TPSA) is 41.5 Å². The van der Waals surface area contributed by atoms with Gasteiger partial charge in [-0.25, -0.2) is 0 Å². The third-order valence-electron chi connectivity index (χ3n) is 3.39. The van der Waals surface area contributed by atoms with E-state index in [-0.39, 0.29) is 0 Å². The molecule has 20 heavy (non-hydrogen) atoms. The summed E-state index contributed by atoms with van der Waals surface area (Å²) in [5.41, 5.74) is 0.947. The zero-order valence-corrected chi connectivity index (χ0v) is 13.4. The molecule has 0 saturated heterocycles. The fraction of sp³-hybridized carbons (Fsp3) is 0.625. The Balaban J connectivity index is 2.23. The largest absolute Gasteiger partial charge is 0.389 e. The number of aliphatic hydroxyl groups is 1. The van der Waals surface area contributed by atoms with Gasteiger partial charge in [0.15, 0.2) is 0 Å². The number of aliphatic hydroxyl groups excluding tert-OH is 1. The molecule has 0 saturated carbocycles. The van der Waals surface area contributed by atoms with Crippen LogP contribution in [0.5, 0.6) is 0 Å². The first kappa shape index (κ1) is 17.4. The summed E-state index contributed by atoms with van der Waals surface area (Å²) in [5, 5.41) is 14.0. The molecule has 3 nitrogen and oxygen atoms in total. The molecule has 0 aliphatic carbocycles. The second-order valence-corrected chi connectivity index (χ2v) is 5.83. The van der Waals surface area contributed by atoms with Crippen LogP contribution >= 0.6 is 11.6 Å². The minimum absolute atomic E-state index is 0.312. The predicted octanol–water partition coefficient (Wildman–Crippen LogP) is 3.24. The molecule has 0 aliphatic heterocycles. The van der Waals surface area contributed by atoms with E-state index in [4.69, 9.17) is 16.3 Å². The molecule has 0 amide bonds. The van der Waals surface area contributed by atoms with Crippen molar-refractivity contribution in [3.05, 3.63) is 34.9 Å². The van der Waals surface area contributed by atoms with E-state index < -0.39 is 6.10 Å². The van der Waals surface area contributed by atoms with E-state index in [1.54, 1.807) is 0 Å². The average Bonchev–Trinajstić information content (AvgIpc) is 2.41. The van der Waals surface area contributed by atoms with Crippen LogP contribution in [-0.2, 0) is 11.3 Å². The van der Waals surface area contributed by atoms with E-state index in [1.165, 1.54) is 0 Å². The van der Waals surface area contributed by atoms with E-state index in [0.717, 1.165) is 12.0 Å². The van der Waals surface area contributed by atoms with Crippen molar-refractivity contribution in [2.75, 3.05) is 13.2 Å². The minimum Gasteiger partial charge on any atom is -0.389 e. The molecule has 0 aromatic heterocycles. The van der Waals surface area contributed by atoms with Crippen LogP contribution in [0, 0.1) is 5.92 Å². The Morgan fingerprint density at radius 1 is 1.30 bits per heavy atom. The van der Waals surface area contributed by atoms with Crippen LogP contribution in [-0.4, -0.2) is 30.4 Å². The molecule has 0 aliphatic rings. The maximum Gasteiger partial charge on any atom is 0.0897 e. The number of benzene rings is 1. The van der Waals surface area contributed by atoms with Gasteiger partial charge in [-0.2, -0.15) is 0 Å². The summed E-state index contributed by atoms with van der Waals surface area (Å²) in [6.07, 6.45) is 0.565. The van der Waals surface area contributed by atoms with Crippen molar-refractivity contribution in [3.8, 4) is 0 Å². The highest BCUT2D eigenvalue weighted by Crippen LogP contribution is 2.15. The van der Waals surface area contributed by atoms with Crippen LogP contribution in [0.4, 0.5) is 0 Å². The summed E-state index contributed by atoms with van der Waals surface area (Å²) in [7, 11) is 0. The Morgan fingerprint density at radius 2 is 2.00 bits per heavy atom. The van der Waals surface area contributed by atoms with E-state index in [9.17, 15) is 5.11 Å². The SMILES string of the molecule is CCC(NCC(O)COCc1ccccc1Cl)C(C)C. The first-order valence-corrected chi connectivity index (χ1v) is 7.65. The Kier molecular flexibility index (Phi) is 8.15. The number of ether oxygens (including phenoxy) is 1. The molecule has 0 heterocycles. The quantitative estimate of drug-likeness (QED) is 0.735. The van der Waals surface area contributed by atoms with Crippen molar-refractivity contribution in [2.24, 2.45) is 5.92 Å². The van der Waals surface area contributed by atoms with Gasteiger partial charge in [-0.05, 0) is 24.0 Å². The second kappa shape index (κ2) is 9.35. The standard InChI is InChI=1S/C16H26ClNO2/c1-4-16(12(2)3)18-9-14(19)11-20-10-13-7-5-6-8-15(13)17/h5-8,12,14,16,18-19H,4,9-11H2,1-3H3. The zero-order chi connectivity index (χ0) is 15.0. The van der Waals surface area contributed by atoms with Crippen molar-refractivity contribution in [2.45, 2.75) is 45.9 Å². The molecule has 114 valence electrons. The molecule has 0 bridgehead atoms. The lowest BCUT2D eigenvalue weighted by molar-refractivity contribution is 0.0268. The van der Waals surface area contributed by atoms with Gasteiger partial charge in [0.1, 0.15) is 0 Å². The second-order valence-electron chi connectivity index (χ2n) is 5.43. The summed E-state index contributed by atoms with van der Waals surface area (Å²) in [6.45, 7) is 7.81. The summed E-state index contributed by atoms with van der Waals surface area (Å²) in [6, 6.07) is 8.03. The van der Waals surface area contributed by atoms with Gasteiger partial charge in [-0.1, -0.05) is 50.6 Å². The van der Waals surface area contributed by atoms with Gasteiger partial charge in [0.25, 0.3) is 0 Å². The summed E-state index contributed by atoms with van der Waals surface area (Å²) >= 11 is 6.04. The van der Waals surface area contributed by atoms with Crippen LogP contribution in [0.25, 0.3) is 0 Å². The highest BCUT2D eigenvalue weighted by atomic mass is 35.5. The lowest BCUT2D eigenvalue weighted by Gasteiger charge is -2.22. The smallest absolute Gasteiger partial charge is 0.0897 e. The summed E-state index contributed by atoms with van der Waals surface area (Å²) in [5.74, 6) is 0.566. The monoisotopic (exact) mass is 299 g/mol. The highest BCUT2D eigenvalue weighted by molar-refractivity contribution is 6.31. The maximum absolute atomic E-state index is 9.90. The lowest BCUT2D eigenvalue weighted by Crippen LogP contribution is -2.39. The predicted molar refractivity (Wildman–Crippen MR) is 84.0 cm³/mol. The van der Waals surface area contributed by atoms with Crippen LogP contribution in [0.2, 0.25) is 5.02 Å². The van der Waals surface area contributed by atoms with Crippen LogP contribution in [0.15, 0.2) is 24.3 Å². The molecule has 0 spiro atoms. The molecular formula is C16H26ClNO2. The van der Waals surface area contributed by atoms with Crippen molar-refractivity contribution in [1.29, 1.82) is 0 Å². The number of hydrogen-bond acceptors (Lipinski definition) is 3. The Morgan fingerprint density at radius 3 is 2.60 bits per heavy atom. The lowest BCUT2D eigenvalue weighted by atomic mass is 10.0. The molecule has 4 heteroatoms. The highest BCUT2D eigenvalue weighted by Gasteiger charge is 2.12. The molecule has 1 rings (SSSR count). The number of halogens is 1. The fourth-order valence-electron chi connectivity index (χ4n) is 2.12. The zero-order valence-electron chi connectivity index (χ0n) is 12.6. The molecule has 0 radical (unpaired) electrons. The Bertz CT molecular complexity index is 384. The first-order chi connectivity index (χ1) is 9.54. The van der Waals surface area contributed by atoms with E-state index in [0.29, 0.717) is 36.7 Å². The third kappa shape index (κ3) is 6.23. The van der Waals surface area contributed by atoms with E-state index in [1.807, 2.05) is 24.3 Å². The minimum atomic E-state index is -0.495. The van der Waals surface area contributed by atoms with Gasteiger partial charge in [0.05, 0.1) is 19.3 Å². The van der Waals surface area contributed by atoms with Gasteiger partial charge >= 0.3 is 0 Å². The average molecular weight is 300 g/mol. The number of rotatable bonds is 9. The van der Waals surface area contributed by atoms with Gasteiger partial charge < -0.3 is 15.2 Å².